The van der Waals surface area contributed by atoms with Crippen LogP contribution in [0.2, 0.25) is 0 Å². The van der Waals surface area contributed by atoms with Gasteiger partial charge in [0.1, 0.15) is 0 Å². The second-order valence-corrected chi connectivity index (χ2v) is 4.88. The third-order valence-corrected chi connectivity index (χ3v) is 3.28. The molecule has 1 N–H and O–H groups in total. The summed E-state index contributed by atoms with van der Waals surface area (Å²) in [5.41, 5.74) is 5.81. The fourth-order valence-corrected chi connectivity index (χ4v) is 2.40. The molecule has 3 heterocycles. The number of aliphatic imine (C=N–C) groups is 1. The van der Waals surface area contributed by atoms with E-state index in [2.05, 4.69) is 35.1 Å². The summed E-state index contributed by atoms with van der Waals surface area (Å²) in [7, 11) is 0. The molecule has 3 rings (SSSR count). The summed E-state index contributed by atoms with van der Waals surface area (Å²) in [4.78, 5) is 12.2. The molecule has 3 nitrogen and oxygen atoms in total. The van der Waals surface area contributed by atoms with Crippen molar-refractivity contribution in [1.29, 1.82) is 0 Å². The van der Waals surface area contributed by atoms with Crippen LogP contribution in [0.15, 0.2) is 47.4 Å². The highest BCUT2D eigenvalue weighted by atomic mass is 14.8. The lowest BCUT2D eigenvalue weighted by molar-refractivity contribution is 0.818. The molecule has 0 unspecified atom stereocenters. The fourth-order valence-electron chi connectivity index (χ4n) is 2.40. The van der Waals surface area contributed by atoms with Crippen molar-refractivity contribution >= 4 is 11.8 Å². The number of H-pyrrole nitrogens is 1. The lowest BCUT2D eigenvalue weighted by Crippen LogP contribution is -2.12. The van der Waals surface area contributed by atoms with Gasteiger partial charge >= 0.3 is 0 Å². The molecule has 2 aromatic heterocycles. The second kappa shape index (κ2) is 5.22. The van der Waals surface area contributed by atoms with Gasteiger partial charge in [-0.15, -0.1) is 0 Å². The third kappa shape index (κ3) is 2.65. The first-order valence-electron chi connectivity index (χ1n) is 6.64. The Balaban J connectivity index is 2.00. The summed E-state index contributed by atoms with van der Waals surface area (Å²) in [5, 5.41) is 0. The van der Waals surface area contributed by atoms with E-state index in [1.54, 1.807) is 0 Å². The van der Waals surface area contributed by atoms with Gasteiger partial charge in [0.15, 0.2) is 0 Å². The molecule has 96 valence electrons. The van der Waals surface area contributed by atoms with Gasteiger partial charge in [0.05, 0.1) is 5.71 Å². The minimum Gasteiger partial charge on any atom is -0.362 e. The smallest absolute Gasteiger partial charge is 0.0694 e. The first kappa shape index (κ1) is 11.9. The molecule has 1 aliphatic rings. The molecule has 0 fully saturated rings. The van der Waals surface area contributed by atoms with Gasteiger partial charge in [0, 0.05) is 36.4 Å². The molecule has 1 aliphatic heterocycles. The van der Waals surface area contributed by atoms with Gasteiger partial charge in [-0.05, 0) is 55.2 Å². The molecular formula is C16H17N3. The third-order valence-electron chi connectivity index (χ3n) is 3.28. The number of aromatic amines is 1. The Bertz CT molecular complexity index is 621. The average Bonchev–Trinajstić information content (AvgIpc) is 2.92. The van der Waals surface area contributed by atoms with E-state index in [0.717, 1.165) is 36.4 Å². The van der Waals surface area contributed by atoms with Crippen molar-refractivity contribution in [1.82, 2.24) is 9.97 Å². The van der Waals surface area contributed by atoms with Crippen molar-refractivity contribution in [2.45, 2.75) is 19.8 Å². The topological polar surface area (TPSA) is 41.0 Å². The van der Waals surface area contributed by atoms with E-state index in [9.17, 15) is 0 Å². The van der Waals surface area contributed by atoms with Crippen LogP contribution in [0.25, 0.3) is 6.08 Å². The predicted octanol–water partition coefficient (Wildman–Crippen LogP) is 3.38. The van der Waals surface area contributed by atoms with Crippen molar-refractivity contribution in [3.63, 3.8) is 0 Å². The zero-order valence-electron chi connectivity index (χ0n) is 11.1. The lowest BCUT2D eigenvalue weighted by Gasteiger charge is -2.16. The highest BCUT2D eigenvalue weighted by Gasteiger charge is 2.14. The van der Waals surface area contributed by atoms with E-state index < -0.39 is 0 Å². The van der Waals surface area contributed by atoms with Crippen LogP contribution < -0.4 is 0 Å². The number of rotatable bonds is 2. The normalized spacial score (nSPS) is 17.5. The molecule has 0 bridgehead atoms. The lowest BCUT2D eigenvalue weighted by atomic mass is 9.95. The van der Waals surface area contributed by atoms with E-state index in [0.29, 0.717) is 0 Å². The molecule has 0 atom stereocenters. The van der Waals surface area contributed by atoms with Crippen molar-refractivity contribution in [2.24, 2.45) is 4.99 Å². The first-order chi connectivity index (χ1) is 9.33. The van der Waals surface area contributed by atoms with Crippen LogP contribution in [0, 0.1) is 6.92 Å². The maximum absolute atomic E-state index is 4.70. The van der Waals surface area contributed by atoms with Crippen LogP contribution in [0.1, 0.15) is 29.7 Å². The Morgan fingerprint density at radius 2 is 2.26 bits per heavy atom. The first-order valence-corrected chi connectivity index (χ1v) is 6.64. The van der Waals surface area contributed by atoms with Gasteiger partial charge < -0.3 is 4.98 Å². The van der Waals surface area contributed by atoms with E-state index in [1.165, 1.54) is 11.1 Å². The zero-order chi connectivity index (χ0) is 13.1. The highest BCUT2D eigenvalue weighted by molar-refractivity contribution is 6.15. The molecule has 19 heavy (non-hydrogen) atoms. The number of allylic oxidation sites excluding steroid dienone is 1. The van der Waals surface area contributed by atoms with Gasteiger partial charge in [-0.2, -0.15) is 0 Å². The standard InChI is InChI=1S/C16H17N3/c1-12-8-14(11-17-10-12)16-13(4-2-7-19-16)9-15-5-3-6-18-15/h3,5-6,8-11,18H,2,4,7H2,1H3/b13-9+. The maximum atomic E-state index is 4.70. The molecule has 0 amide bonds. The molecule has 2 aromatic rings. The van der Waals surface area contributed by atoms with Crippen molar-refractivity contribution in [3.8, 4) is 0 Å². The van der Waals surface area contributed by atoms with Crippen molar-refractivity contribution in [3.05, 3.63) is 59.2 Å². The minimum atomic E-state index is 0.908. The zero-order valence-corrected chi connectivity index (χ0v) is 11.1. The Hall–Kier alpha value is -2.16. The summed E-state index contributed by atoms with van der Waals surface area (Å²) in [6, 6.07) is 6.24. The Morgan fingerprint density at radius 1 is 1.32 bits per heavy atom. The van der Waals surface area contributed by atoms with E-state index >= 15 is 0 Å². The number of hydrogen-bond donors (Lipinski definition) is 1. The van der Waals surface area contributed by atoms with Crippen molar-refractivity contribution in [2.75, 3.05) is 6.54 Å². The summed E-state index contributed by atoms with van der Waals surface area (Å²) < 4.78 is 0. The maximum Gasteiger partial charge on any atom is 0.0694 e. The summed E-state index contributed by atoms with van der Waals surface area (Å²) in [6.07, 6.45) is 10.1. The van der Waals surface area contributed by atoms with Gasteiger partial charge in [0.2, 0.25) is 0 Å². The molecule has 0 saturated carbocycles. The second-order valence-electron chi connectivity index (χ2n) is 4.88. The van der Waals surface area contributed by atoms with Crippen molar-refractivity contribution < 1.29 is 0 Å². The Morgan fingerprint density at radius 3 is 3.05 bits per heavy atom. The number of aromatic nitrogens is 2. The predicted molar refractivity (Wildman–Crippen MR) is 78.4 cm³/mol. The number of nitrogens with one attached hydrogen (secondary N) is 1. The number of pyridine rings is 1. The van der Waals surface area contributed by atoms with E-state index in [-0.39, 0.29) is 0 Å². The number of nitrogens with zero attached hydrogens (tertiary/aromatic N) is 2. The molecule has 0 spiro atoms. The largest absolute Gasteiger partial charge is 0.362 e. The van der Waals surface area contributed by atoms with Crippen LogP contribution in [0.4, 0.5) is 0 Å². The molecule has 0 radical (unpaired) electrons. The summed E-state index contributed by atoms with van der Waals surface area (Å²) >= 11 is 0. The SMILES string of the molecule is Cc1cncc(C2=NCCC/C2=C\c2ccc[nH]2)c1. The van der Waals surface area contributed by atoms with Crippen LogP contribution in [-0.2, 0) is 0 Å². The fraction of sp³-hybridized carbons (Fsp3) is 0.250. The van der Waals surface area contributed by atoms with E-state index in [4.69, 9.17) is 4.99 Å². The minimum absolute atomic E-state index is 0.908. The summed E-state index contributed by atoms with van der Waals surface area (Å²) in [6.45, 7) is 2.97. The Labute approximate surface area is 113 Å². The monoisotopic (exact) mass is 251 g/mol. The van der Waals surface area contributed by atoms with Gasteiger partial charge in [-0.3, -0.25) is 9.98 Å². The van der Waals surface area contributed by atoms with E-state index in [1.807, 2.05) is 24.7 Å². The van der Waals surface area contributed by atoms with Crippen LogP contribution in [0.3, 0.4) is 0 Å². The van der Waals surface area contributed by atoms with Gasteiger partial charge in [0.25, 0.3) is 0 Å². The average molecular weight is 251 g/mol. The molecule has 0 aromatic carbocycles. The van der Waals surface area contributed by atoms with Gasteiger partial charge in [-0.1, -0.05) is 0 Å². The summed E-state index contributed by atoms with van der Waals surface area (Å²) in [5.74, 6) is 0. The number of hydrogen-bond acceptors (Lipinski definition) is 2. The molecule has 3 heteroatoms. The Kier molecular flexibility index (Phi) is 3.27. The molecule has 0 aliphatic carbocycles. The highest BCUT2D eigenvalue weighted by Crippen LogP contribution is 2.21. The van der Waals surface area contributed by atoms with Crippen LogP contribution in [-0.4, -0.2) is 22.2 Å². The molecule has 0 saturated heterocycles. The van der Waals surface area contributed by atoms with Crippen LogP contribution >= 0.6 is 0 Å². The van der Waals surface area contributed by atoms with Gasteiger partial charge in [-0.25, -0.2) is 0 Å². The number of aryl methyl sites for hydroxylation is 1. The quantitative estimate of drug-likeness (QED) is 0.873. The van der Waals surface area contributed by atoms with Crippen LogP contribution in [0.5, 0.6) is 0 Å². The molecular weight excluding hydrogens is 234 g/mol.